The number of benzene rings is 1. The standard InChI is InChI=1S/C11H15ClOSi/c1-4-9-5-6-11(12)10(7-9)8-13-14(2)3/h4-7,14H,1,8H2,2-3H3. The normalized spacial score (nSPS) is 10.6. The van der Waals surface area contributed by atoms with Crippen LogP contribution in [-0.2, 0) is 11.0 Å². The number of halogens is 1. The smallest absolute Gasteiger partial charge is 0.171 e. The zero-order valence-electron chi connectivity index (χ0n) is 8.59. The van der Waals surface area contributed by atoms with Gasteiger partial charge in [-0.15, -0.1) is 0 Å². The van der Waals surface area contributed by atoms with Crippen molar-refractivity contribution < 1.29 is 4.43 Å². The SMILES string of the molecule is C=Cc1ccc(Cl)c(CO[SiH](C)C)c1. The van der Waals surface area contributed by atoms with Gasteiger partial charge in [-0.3, -0.25) is 0 Å². The summed E-state index contributed by atoms with van der Waals surface area (Å²) in [5.74, 6) is 0. The second-order valence-corrected chi connectivity index (χ2v) is 6.25. The monoisotopic (exact) mass is 226 g/mol. The molecule has 0 aliphatic carbocycles. The fourth-order valence-electron chi connectivity index (χ4n) is 1.09. The molecule has 0 saturated carbocycles. The van der Waals surface area contributed by atoms with Crippen molar-refractivity contribution in [2.75, 3.05) is 0 Å². The molecule has 0 saturated heterocycles. The molecular formula is C11H15ClOSi. The van der Waals surface area contributed by atoms with E-state index in [9.17, 15) is 0 Å². The second-order valence-electron chi connectivity index (χ2n) is 3.41. The molecule has 1 aromatic rings. The molecule has 1 nitrogen and oxygen atoms in total. The Kier molecular flexibility index (Phi) is 4.39. The van der Waals surface area contributed by atoms with Crippen LogP contribution in [0.25, 0.3) is 6.08 Å². The van der Waals surface area contributed by atoms with E-state index < -0.39 is 9.04 Å². The molecule has 3 heteroatoms. The second kappa shape index (κ2) is 5.34. The Labute approximate surface area is 92.1 Å². The Morgan fingerprint density at radius 2 is 2.21 bits per heavy atom. The van der Waals surface area contributed by atoms with Gasteiger partial charge in [-0.2, -0.15) is 0 Å². The maximum atomic E-state index is 6.04. The fourth-order valence-corrected chi connectivity index (χ4v) is 1.77. The van der Waals surface area contributed by atoms with Crippen molar-refractivity contribution in [3.63, 3.8) is 0 Å². The zero-order valence-corrected chi connectivity index (χ0v) is 10.5. The number of hydrogen-bond donors (Lipinski definition) is 0. The van der Waals surface area contributed by atoms with E-state index in [1.54, 1.807) is 0 Å². The third kappa shape index (κ3) is 3.29. The topological polar surface area (TPSA) is 9.23 Å². The fraction of sp³-hybridized carbons (Fsp3) is 0.273. The molecule has 0 unspecified atom stereocenters. The van der Waals surface area contributed by atoms with Crippen molar-refractivity contribution >= 4 is 26.7 Å². The van der Waals surface area contributed by atoms with Gasteiger partial charge in [-0.05, 0) is 36.4 Å². The molecule has 0 aromatic heterocycles. The van der Waals surface area contributed by atoms with Crippen molar-refractivity contribution in [3.8, 4) is 0 Å². The number of rotatable bonds is 4. The van der Waals surface area contributed by atoms with E-state index in [1.165, 1.54) is 0 Å². The molecule has 0 radical (unpaired) electrons. The van der Waals surface area contributed by atoms with E-state index in [0.29, 0.717) is 6.61 Å². The Hall–Kier alpha value is -0.573. The van der Waals surface area contributed by atoms with Crippen molar-refractivity contribution in [2.24, 2.45) is 0 Å². The Morgan fingerprint density at radius 3 is 2.79 bits per heavy atom. The molecule has 0 aliphatic heterocycles. The lowest BCUT2D eigenvalue weighted by atomic mass is 10.1. The molecule has 0 atom stereocenters. The van der Waals surface area contributed by atoms with Gasteiger partial charge in [0.1, 0.15) is 0 Å². The van der Waals surface area contributed by atoms with Crippen molar-refractivity contribution in [2.45, 2.75) is 19.7 Å². The lowest BCUT2D eigenvalue weighted by molar-refractivity contribution is 0.314. The predicted octanol–water partition coefficient (Wildman–Crippen LogP) is 3.48. The van der Waals surface area contributed by atoms with Gasteiger partial charge in [0, 0.05) is 5.02 Å². The first-order valence-electron chi connectivity index (χ1n) is 4.66. The van der Waals surface area contributed by atoms with Crippen LogP contribution in [0, 0.1) is 0 Å². The summed E-state index contributed by atoms with van der Waals surface area (Å²) in [5.41, 5.74) is 2.13. The third-order valence-corrected chi connectivity index (χ3v) is 3.08. The van der Waals surface area contributed by atoms with Gasteiger partial charge < -0.3 is 4.43 Å². The summed E-state index contributed by atoms with van der Waals surface area (Å²) >= 11 is 6.04. The van der Waals surface area contributed by atoms with Gasteiger partial charge in [0.15, 0.2) is 9.04 Å². The van der Waals surface area contributed by atoms with Crippen molar-refractivity contribution in [1.29, 1.82) is 0 Å². The van der Waals surface area contributed by atoms with Crippen LogP contribution in [0.3, 0.4) is 0 Å². The van der Waals surface area contributed by atoms with Gasteiger partial charge in [-0.25, -0.2) is 0 Å². The minimum atomic E-state index is -0.970. The molecule has 14 heavy (non-hydrogen) atoms. The van der Waals surface area contributed by atoms with Crippen LogP contribution in [0.1, 0.15) is 11.1 Å². The van der Waals surface area contributed by atoms with Crippen LogP contribution < -0.4 is 0 Å². The summed E-state index contributed by atoms with van der Waals surface area (Å²) in [4.78, 5) is 0. The molecule has 0 fully saturated rings. The van der Waals surface area contributed by atoms with E-state index >= 15 is 0 Å². The number of hydrogen-bond acceptors (Lipinski definition) is 1. The average Bonchev–Trinajstić information content (AvgIpc) is 2.16. The molecule has 1 aromatic carbocycles. The van der Waals surface area contributed by atoms with Gasteiger partial charge >= 0.3 is 0 Å². The molecule has 0 aliphatic rings. The van der Waals surface area contributed by atoms with Crippen LogP contribution in [0.4, 0.5) is 0 Å². The van der Waals surface area contributed by atoms with Gasteiger partial charge in [0.05, 0.1) is 6.61 Å². The molecule has 1 rings (SSSR count). The highest BCUT2D eigenvalue weighted by Crippen LogP contribution is 2.19. The lowest BCUT2D eigenvalue weighted by Gasteiger charge is -2.09. The zero-order chi connectivity index (χ0) is 10.6. The summed E-state index contributed by atoms with van der Waals surface area (Å²) in [6, 6.07) is 5.86. The Bertz CT molecular complexity index is 323. The van der Waals surface area contributed by atoms with Crippen LogP contribution in [0.2, 0.25) is 18.1 Å². The molecule has 0 N–H and O–H groups in total. The summed E-state index contributed by atoms with van der Waals surface area (Å²) in [6.45, 7) is 8.63. The molecular weight excluding hydrogens is 212 g/mol. The predicted molar refractivity (Wildman–Crippen MR) is 65.2 cm³/mol. The minimum absolute atomic E-state index is 0.615. The van der Waals surface area contributed by atoms with E-state index in [-0.39, 0.29) is 0 Å². The lowest BCUT2D eigenvalue weighted by Crippen LogP contribution is -2.07. The molecule has 0 amide bonds. The molecule has 0 heterocycles. The minimum Gasteiger partial charge on any atom is -0.416 e. The Morgan fingerprint density at radius 1 is 1.50 bits per heavy atom. The maximum absolute atomic E-state index is 6.04. The van der Waals surface area contributed by atoms with Gasteiger partial charge in [0.2, 0.25) is 0 Å². The first-order chi connectivity index (χ1) is 6.63. The van der Waals surface area contributed by atoms with E-state index in [2.05, 4.69) is 19.7 Å². The van der Waals surface area contributed by atoms with E-state index in [1.807, 2.05) is 24.3 Å². The summed E-state index contributed by atoms with van der Waals surface area (Å²) in [6.07, 6.45) is 1.81. The quantitative estimate of drug-likeness (QED) is 0.715. The van der Waals surface area contributed by atoms with Crippen LogP contribution >= 0.6 is 11.6 Å². The molecule has 76 valence electrons. The van der Waals surface area contributed by atoms with E-state index in [4.69, 9.17) is 16.0 Å². The highest BCUT2D eigenvalue weighted by molar-refractivity contribution is 6.48. The summed E-state index contributed by atoms with van der Waals surface area (Å²) in [7, 11) is -0.970. The van der Waals surface area contributed by atoms with Crippen molar-refractivity contribution in [1.82, 2.24) is 0 Å². The third-order valence-electron chi connectivity index (χ3n) is 1.88. The average molecular weight is 227 g/mol. The molecule has 0 bridgehead atoms. The van der Waals surface area contributed by atoms with Gasteiger partial charge in [-0.1, -0.05) is 30.3 Å². The first kappa shape index (κ1) is 11.5. The van der Waals surface area contributed by atoms with Gasteiger partial charge in [0.25, 0.3) is 0 Å². The van der Waals surface area contributed by atoms with Crippen molar-refractivity contribution in [3.05, 3.63) is 40.9 Å². The largest absolute Gasteiger partial charge is 0.416 e. The first-order valence-corrected chi connectivity index (χ1v) is 7.82. The van der Waals surface area contributed by atoms with Crippen LogP contribution in [-0.4, -0.2) is 9.04 Å². The van der Waals surface area contributed by atoms with Crippen LogP contribution in [0.5, 0.6) is 0 Å². The maximum Gasteiger partial charge on any atom is 0.171 e. The highest BCUT2D eigenvalue weighted by atomic mass is 35.5. The molecule has 0 spiro atoms. The Balaban J connectivity index is 2.78. The summed E-state index contributed by atoms with van der Waals surface area (Å²) in [5, 5.41) is 0.769. The van der Waals surface area contributed by atoms with E-state index in [0.717, 1.165) is 16.1 Å². The summed E-state index contributed by atoms with van der Waals surface area (Å²) < 4.78 is 5.63. The highest BCUT2D eigenvalue weighted by Gasteiger charge is 2.02. The van der Waals surface area contributed by atoms with Crippen LogP contribution in [0.15, 0.2) is 24.8 Å².